The lowest BCUT2D eigenvalue weighted by molar-refractivity contribution is 0.285. The largest absolute Gasteiger partial charge is 0.331 e. The number of halogens is 1. The number of nitrogens with zero attached hydrogens (tertiary/aromatic N) is 1. The van der Waals surface area contributed by atoms with Crippen molar-refractivity contribution >= 4 is 34.9 Å². The van der Waals surface area contributed by atoms with Crippen LogP contribution < -0.4 is 0 Å². The van der Waals surface area contributed by atoms with Crippen LogP contribution in [0.4, 0.5) is 0 Å². The molecule has 1 aliphatic carbocycles. The second-order valence-corrected chi connectivity index (χ2v) is 6.16. The molecule has 1 heterocycles. The number of aromatic amines is 1. The van der Waals surface area contributed by atoms with Crippen molar-refractivity contribution in [2.45, 2.75) is 38.6 Å². The molecule has 2 nitrogen and oxygen atoms in total. The first-order valence-electron chi connectivity index (χ1n) is 6.55. The minimum Gasteiger partial charge on any atom is -0.331 e. The molecule has 2 atom stereocenters. The Morgan fingerprint density at radius 1 is 1.39 bits per heavy atom. The van der Waals surface area contributed by atoms with Crippen molar-refractivity contribution in [3.8, 4) is 0 Å². The first-order valence-corrected chi connectivity index (χ1v) is 7.34. The van der Waals surface area contributed by atoms with E-state index in [0.29, 0.717) is 6.04 Å². The smallest absolute Gasteiger partial charge is 0.178 e. The zero-order chi connectivity index (χ0) is 12.7. The molecule has 1 aromatic heterocycles. The molecule has 0 aliphatic heterocycles. The van der Waals surface area contributed by atoms with E-state index < -0.39 is 0 Å². The monoisotopic (exact) mass is 280 g/mol. The highest BCUT2D eigenvalue weighted by atomic mass is 35.5. The van der Waals surface area contributed by atoms with Gasteiger partial charge in [-0.25, -0.2) is 0 Å². The number of H-pyrrole nitrogens is 1. The SMILES string of the molecule is CC1CCCC(n2c(=S)[nH]c3cccc(Cl)c32)C1. The molecule has 0 bridgehead atoms. The molecule has 1 N–H and O–H groups in total. The van der Waals surface area contributed by atoms with Crippen molar-refractivity contribution in [2.24, 2.45) is 5.92 Å². The summed E-state index contributed by atoms with van der Waals surface area (Å²) in [6, 6.07) is 6.44. The topological polar surface area (TPSA) is 20.7 Å². The minimum absolute atomic E-state index is 0.495. The number of hydrogen-bond acceptors (Lipinski definition) is 1. The van der Waals surface area contributed by atoms with Crippen molar-refractivity contribution in [1.29, 1.82) is 0 Å². The van der Waals surface area contributed by atoms with Gasteiger partial charge in [0.05, 0.1) is 16.1 Å². The van der Waals surface area contributed by atoms with E-state index in [1.807, 2.05) is 18.2 Å². The molecular formula is C14H17ClN2S. The van der Waals surface area contributed by atoms with E-state index in [-0.39, 0.29) is 0 Å². The molecular weight excluding hydrogens is 264 g/mol. The second kappa shape index (κ2) is 4.71. The lowest BCUT2D eigenvalue weighted by Gasteiger charge is -2.28. The Morgan fingerprint density at radius 3 is 3.00 bits per heavy atom. The van der Waals surface area contributed by atoms with E-state index in [1.54, 1.807) is 0 Å². The van der Waals surface area contributed by atoms with Crippen molar-refractivity contribution in [1.82, 2.24) is 9.55 Å². The van der Waals surface area contributed by atoms with Gasteiger partial charge in [0.25, 0.3) is 0 Å². The number of rotatable bonds is 1. The van der Waals surface area contributed by atoms with E-state index in [0.717, 1.165) is 26.7 Å². The number of imidazole rings is 1. The Kier molecular flexibility index (Phi) is 3.20. The number of benzene rings is 1. The quantitative estimate of drug-likeness (QED) is 0.721. The summed E-state index contributed by atoms with van der Waals surface area (Å²) in [5, 5.41) is 0.790. The Hall–Kier alpha value is -0.800. The molecule has 0 radical (unpaired) electrons. The maximum absolute atomic E-state index is 6.34. The van der Waals surface area contributed by atoms with Crippen molar-refractivity contribution < 1.29 is 0 Å². The Morgan fingerprint density at radius 2 is 2.22 bits per heavy atom. The zero-order valence-corrected chi connectivity index (χ0v) is 12.0. The first-order chi connectivity index (χ1) is 8.66. The van der Waals surface area contributed by atoms with Gasteiger partial charge in [0.1, 0.15) is 0 Å². The van der Waals surface area contributed by atoms with Gasteiger partial charge in [-0.3, -0.25) is 0 Å². The molecule has 1 saturated carbocycles. The highest BCUT2D eigenvalue weighted by Crippen LogP contribution is 2.36. The Labute approximate surface area is 117 Å². The van der Waals surface area contributed by atoms with E-state index in [2.05, 4.69) is 16.5 Å². The lowest BCUT2D eigenvalue weighted by atomic mass is 9.87. The molecule has 1 aromatic carbocycles. The van der Waals surface area contributed by atoms with Crippen LogP contribution in [0.1, 0.15) is 38.6 Å². The highest BCUT2D eigenvalue weighted by molar-refractivity contribution is 7.71. The molecule has 3 rings (SSSR count). The molecule has 1 fully saturated rings. The molecule has 2 unspecified atom stereocenters. The van der Waals surface area contributed by atoms with Crippen LogP contribution in [-0.2, 0) is 0 Å². The van der Waals surface area contributed by atoms with Crippen LogP contribution in [0.2, 0.25) is 5.02 Å². The van der Waals surface area contributed by atoms with Crippen LogP contribution in [0.25, 0.3) is 11.0 Å². The Balaban J connectivity index is 2.16. The average Bonchev–Trinajstić information content (AvgIpc) is 2.67. The summed E-state index contributed by atoms with van der Waals surface area (Å²) in [5.74, 6) is 0.776. The summed E-state index contributed by atoms with van der Waals surface area (Å²) in [4.78, 5) is 3.27. The summed E-state index contributed by atoms with van der Waals surface area (Å²) in [6.07, 6.45) is 5.02. The van der Waals surface area contributed by atoms with Gasteiger partial charge in [0.2, 0.25) is 0 Å². The van der Waals surface area contributed by atoms with Crippen LogP contribution >= 0.6 is 23.8 Å². The molecule has 0 saturated heterocycles. The van der Waals surface area contributed by atoms with Crippen molar-refractivity contribution in [3.05, 3.63) is 28.0 Å². The maximum Gasteiger partial charge on any atom is 0.178 e. The van der Waals surface area contributed by atoms with Crippen molar-refractivity contribution in [3.63, 3.8) is 0 Å². The van der Waals surface area contributed by atoms with E-state index >= 15 is 0 Å². The molecule has 18 heavy (non-hydrogen) atoms. The molecule has 0 amide bonds. The molecule has 0 spiro atoms. The predicted octanol–water partition coefficient (Wildman–Crippen LogP) is 5.10. The normalized spacial score (nSPS) is 24.6. The third-order valence-corrected chi connectivity index (χ3v) is 4.57. The third-order valence-electron chi connectivity index (χ3n) is 3.96. The number of aromatic nitrogens is 2. The molecule has 2 aromatic rings. The molecule has 1 aliphatic rings. The average molecular weight is 281 g/mol. The predicted molar refractivity (Wildman–Crippen MR) is 78.8 cm³/mol. The van der Waals surface area contributed by atoms with Gasteiger partial charge in [-0.1, -0.05) is 37.4 Å². The van der Waals surface area contributed by atoms with Gasteiger partial charge in [0.15, 0.2) is 4.77 Å². The standard InChI is InChI=1S/C14H17ClN2S/c1-9-4-2-5-10(8-9)17-13-11(15)6-3-7-12(13)16-14(17)18/h3,6-7,9-10H,2,4-5,8H2,1H3,(H,16,18). The van der Waals surface area contributed by atoms with Crippen LogP contribution in [0.3, 0.4) is 0 Å². The fraction of sp³-hybridized carbons (Fsp3) is 0.500. The van der Waals surface area contributed by atoms with E-state index in [1.165, 1.54) is 25.7 Å². The zero-order valence-electron chi connectivity index (χ0n) is 10.4. The number of hydrogen-bond donors (Lipinski definition) is 1. The summed E-state index contributed by atoms with van der Waals surface area (Å²) in [5.41, 5.74) is 2.12. The van der Waals surface area contributed by atoms with E-state index in [4.69, 9.17) is 23.8 Å². The minimum atomic E-state index is 0.495. The van der Waals surface area contributed by atoms with Gasteiger partial charge in [-0.15, -0.1) is 0 Å². The summed E-state index contributed by atoms with van der Waals surface area (Å²) in [6.45, 7) is 2.33. The molecule has 4 heteroatoms. The van der Waals surface area contributed by atoms with Crippen LogP contribution in [-0.4, -0.2) is 9.55 Å². The van der Waals surface area contributed by atoms with Gasteiger partial charge < -0.3 is 9.55 Å². The number of fused-ring (bicyclic) bond motifs is 1. The van der Waals surface area contributed by atoms with Crippen molar-refractivity contribution in [2.75, 3.05) is 0 Å². The fourth-order valence-electron chi connectivity index (χ4n) is 3.12. The summed E-state index contributed by atoms with van der Waals surface area (Å²) in [7, 11) is 0. The number of para-hydroxylation sites is 1. The lowest BCUT2D eigenvalue weighted by Crippen LogP contribution is -2.17. The Bertz CT molecular complexity index is 628. The third kappa shape index (κ3) is 1.99. The number of nitrogens with one attached hydrogen (secondary N) is 1. The van der Waals surface area contributed by atoms with Gasteiger partial charge in [0, 0.05) is 6.04 Å². The summed E-state index contributed by atoms with van der Waals surface area (Å²) < 4.78 is 3.04. The van der Waals surface area contributed by atoms with Gasteiger partial charge in [-0.05, 0) is 43.1 Å². The van der Waals surface area contributed by atoms with Gasteiger partial charge >= 0.3 is 0 Å². The van der Waals surface area contributed by atoms with Crippen LogP contribution in [0.15, 0.2) is 18.2 Å². The maximum atomic E-state index is 6.34. The summed E-state index contributed by atoms with van der Waals surface area (Å²) >= 11 is 11.8. The van der Waals surface area contributed by atoms with E-state index in [9.17, 15) is 0 Å². The highest BCUT2D eigenvalue weighted by Gasteiger charge is 2.23. The molecule has 96 valence electrons. The van der Waals surface area contributed by atoms with Crippen LogP contribution in [0.5, 0.6) is 0 Å². The van der Waals surface area contributed by atoms with Crippen LogP contribution in [0, 0.1) is 10.7 Å². The first kappa shape index (κ1) is 12.2. The second-order valence-electron chi connectivity index (χ2n) is 5.36. The fourth-order valence-corrected chi connectivity index (χ4v) is 3.74. The van der Waals surface area contributed by atoms with Gasteiger partial charge in [-0.2, -0.15) is 0 Å².